The predicted octanol–water partition coefficient (Wildman–Crippen LogP) is 4.32. The number of carbonyl (C=O) groups excluding carboxylic acids is 3. The molecule has 0 spiro atoms. The van der Waals surface area contributed by atoms with Gasteiger partial charge in [0.05, 0.1) is 15.7 Å². The average molecular weight is 397 g/mol. The van der Waals surface area contributed by atoms with Crippen molar-refractivity contribution in [3.05, 3.63) is 50.8 Å². The van der Waals surface area contributed by atoms with E-state index in [-0.39, 0.29) is 27.2 Å². The first-order valence-corrected chi connectivity index (χ1v) is 8.55. The minimum absolute atomic E-state index is 0.142. The van der Waals surface area contributed by atoms with Crippen molar-refractivity contribution in [3.63, 3.8) is 0 Å². The summed E-state index contributed by atoms with van der Waals surface area (Å²) in [5.41, 5.74) is 1.89. The van der Waals surface area contributed by atoms with Gasteiger partial charge < -0.3 is 15.0 Å². The first-order chi connectivity index (χ1) is 12.1. The fraction of sp³-hybridized carbons (Fsp3) is 0.278. The molecule has 0 unspecified atom stereocenters. The third-order valence-corrected chi connectivity index (χ3v) is 4.49. The lowest BCUT2D eigenvalue weighted by atomic mass is 10.1. The van der Waals surface area contributed by atoms with E-state index in [1.807, 2.05) is 0 Å². The number of amides is 1. The number of aromatic nitrogens is 1. The second-order valence-corrected chi connectivity index (χ2v) is 6.63. The second kappa shape index (κ2) is 7.93. The number of aryl methyl sites for hydroxylation is 1. The quantitative estimate of drug-likeness (QED) is 0.581. The smallest absolute Gasteiger partial charge is 0.355 e. The van der Waals surface area contributed by atoms with Crippen LogP contribution in [0.3, 0.4) is 0 Å². The number of nitrogens with one attached hydrogen (secondary N) is 2. The molecule has 2 aromatic rings. The van der Waals surface area contributed by atoms with E-state index >= 15 is 0 Å². The topological polar surface area (TPSA) is 88.3 Å². The maximum absolute atomic E-state index is 12.4. The number of para-hydroxylation sites is 1. The lowest BCUT2D eigenvalue weighted by Crippen LogP contribution is -2.30. The normalized spacial score (nSPS) is 11.8. The summed E-state index contributed by atoms with van der Waals surface area (Å²) in [4.78, 5) is 39.1. The van der Waals surface area contributed by atoms with Crippen LogP contribution >= 0.6 is 23.2 Å². The van der Waals surface area contributed by atoms with E-state index < -0.39 is 18.0 Å². The van der Waals surface area contributed by atoms with Crippen molar-refractivity contribution in [1.29, 1.82) is 0 Å². The van der Waals surface area contributed by atoms with Crippen molar-refractivity contribution in [3.8, 4) is 0 Å². The standard InChI is InChI=1S/C18H18Cl2N2O4/c1-8-14(10(3)23)9(2)21-15(8)18(25)26-11(4)17(24)22-16-12(19)6-5-7-13(16)20/h5-7,11,21H,1-4H3,(H,22,24)/t11-/m0/s1. The molecule has 1 atom stereocenters. The molecule has 0 radical (unpaired) electrons. The molecule has 8 heteroatoms. The number of aromatic amines is 1. The van der Waals surface area contributed by atoms with Crippen molar-refractivity contribution in [2.24, 2.45) is 0 Å². The van der Waals surface area contributed by atoms with Crippen LogP contribution in [0.15, 0.2) is 18.2 Å². The molecule has 2 N–H and O–H groups in total. The van der Waals surface area contributed by atoms with Gasteiger partial charge in [-0.25, -0.2) is 4.79 Å². The molecule has 0 aliphatic rings. The number of carbonyl (C=O) groups is 3. The number of benzene rings is 1. The minimum atomic E-state index is -1.10. The van der Waals surface area contributed by atoms with Gasteiger partial charge in [0, 0.05) is 11.3 Å². The monoisotopic (exact) mass is 396 g/mol. The molecule has 26 heavy (non-hydrogen) atoms. The Morgan fingerprint density at radius 1 is 1.15 bits per heavy atom. The highest BCUT2D eigenvalue weighted by Crippen LogP contribution is 2.30. The van der Waals surface area contributed by atoms with Gasteiger partial charge in [0.2, 0.25) is 0 Å². The van der Waals surface area contributed by atoms with Gasteiger partial charge in [-0.05, 0) is 45.4 Å². The Hall–Kier alpha value is -2.31. The van der Waals surface area contributed by atoms with Crippen LogP contribution in [0.5, 0.6) is 0 Å². The van der Waals surface area contributed by atoms with E-state index in [9.17, 15) is 14.4 Å². The van der Waals surface area contributed by atoms with Crippen LogP contribution in [0.25, 0.3) is 0 Å². The van der Waals surface area contributed by atoms with Crippen LogP contribution in [0.4, 0.5) is 5.69 Å². The number of ether oxygens (including phenoxy) is 1. The lowest BCUT2D eigenvalue weighted by molar-refractivity contribution is -0.123. The summed E-state index contributed by atoms with van der Waals surface area (Å²) in [5, 5.41) is 3.08. The Kier molecular flexibility index (Phi) is 6.10. The zero-order valence-electron chi connectivity index (χ0n) is 14.7. The Morgan fingerprint density at radius 3 is 2.23 bits per heavy atom. The van der Waals surface area contributed by atoms with Crippen molar-refractivity contribution in [2.45, 2.75) is 33.8 Å². The molecule has 2 rings (SSSR count). The second-order valence-electron chi connectivity index (χ2n) is 5.81. The van der Waals surface area contributed by atoms with E-state index in [0.717, 1.165) is 0 Å². The van der Waals surface area contributed by atoms with Crippen molar-refractivity contribution in [2.75, 3.05) is 5.32 Å². The highest BCUT2D eigenvalue weighted by atomic mass is 35.5. The van der Waals surface area contributed by atoms with E-state index in [2.05, 4.69) is 10.3 Å². The van der Waals surface area contributed by atoms with Crippen LogP contribution in [0, 0.1) is 13.8 Å². The summed E-state index contributed by atoms with van der Waals surface area (Å²) in [5.74, 6) is -1.47. The van der Waals surface area contributed by atoms with Gasteiger partial charge in [-0.2, -0.15) is 0 Å². The van der Waals surface area contributed by atoms with Crippen molar-refractivity contribution < 1.29 is 19.1 Å². The number of halogens is 2. The van der Waals surface area contributed by atoms with E-state index in [1.54, 1.807) is 32.0 Å². The first-order valence-electron chi connectivity index (χ1n) is 7.79. The Bertz CT molecular complexity index is 869. The average Bonchev–Trinajstić information content (AvgIpc) is 2.85. The largest absolute Gasteiger partial charge is 0.448 e. The fourth-order valence-corrected chi connectivity index (χ4v) is 3.09. The van der Waals surface area contributed by atoms with Gasteiger partial charge in [0.15, 0.2) is 11.9 Å². The lowest BCUT2D eigenvalue weighted by Gasteiger charge is -2.15. The van der Waals surface area contributed by atoms with Crippen molar-refractivity contribution in [1.82, 2.24) is 4.98 Å². The fourth-order valence-electron chi connectivity index (χ4n) is 2.60. The number of ketones is 1. The highest BCUT2D eigenvalue weighted by Gasteiger charge is 2.25. The van der Waals surface area contributed by atoms with Crippen LogP contribution in [-0.4, -0.2) is 28.7 Å². The molecule has 0 fully saturated rings. The van der Waals surface area contributed by atoms with E-state index in [0.29, 0.717) is 16.8 Å². The Labute approximate surface area is 160 Å². The van der Waals surface area contributed by atoms with Gasteiger partial charge in [-0.15, -0.1) is 0 Å². The number of anilines is 1. The summed E-state index contributed by atoms with van der Waals surface area (Å²) in [6.07, 6.45) is -1.10. The summed E-state index contributed by atoms with van der Waals surface area (Å²) < 4.78 is 5.20. The summed E-state index contributed by atoms with van der Waals surface area (Å²) in [6, 6.07) is 4.80. The molecule has 0 bridgehead atoms. The van der Waals surface area contributed by atoms with E-state index in [1.165, 1.54) is 13.8 Å². The van der Waals surface area contributed by atoms with Gasteiger partial charge in [-0.3, -0.25) is 9.59 Å². The number of hydrogen-bond donors (Lipinski definition) is 2. The SMILES string of the molecule is CC(=O)c1c(C)[nH]c(C(=O)O[C@@H](C)C(=O)Nc2c(Cl)cccc2Cl)c1C. The molecule has 138 valence electrons. The molecule has 0 saturated carbocycles. The minimum Gasteiger partial charge on any atom is -0.448 e. The summed E-state index contributed by atoms with van der Waals surface area (Å²) >= 11 is 12.0. The van der Waals surface area contributed by atoms with Crippen LogP contribution < -0.4 is 5.32 Å². The summed E-state index contributed by atoms with van der Waals surface area (Å²) in [7, 11) is 0. The molecule has 0 aliphatic carbocycles. The molecule has 0 aliphatic heterocycles. The zero-order valence-corrected chi connectivity index (χ0v) is 16.2. The Morgan fingerprint density at radius 2 is 1.73 bits per heavy atom. The molecule has 1 amide bonds. The number of Topliss-reactive ketones (excluding diaryl/α,β-unsaturated/α-hetero) is 1. The van der Waals surface area contributed by atoms with Crippen LogP contribution in [-0.2, 0) is 9.53 Å². The molecule has 0 saturated heterocycles. The highest BCUT2D eigenvalue weighted by molar-refractivity contribution is 6.39. The molecule has 1 aromatic heterocycles. The Balaban J connectivity index is 2.13. The molecule has 1 heterocycles. The molecular weight excluding hydrogens is 379 g/mol. The van der Waals surface area contributed by atoms with Crippen molar-refractivity contribution >= 4 is 46.5 Å². The van der Waals surface area contributed by atoms with Gasteiger partial charge in [0.25, 0.3) is 5.91 Å². The number of H-pyrrole nitrogens is 1. The maximum Gasteiger partial charge on any atom is 0.355 e. The number of esters is 1. The third kappa shape index (κ3) is 4.08. The zero-order chi connectivity index (χ0) is 19.6. The van der Waals surface area contributed by atoms with E-state index in [4.69, 9.17) is 27.9 Å². The predicted molar refractivity (Wildman–Crippen MR) is 100 cm³/mol. The number of rotatable bonds is 5. The summed E-state index contributed by atoms with van der Waals surface area (Å²) in [6.45, 7) is 6.18. The van der Waals surface area contributed by atoms with Gasteiger partial charge >= 0.3 is 5.97 Å². The third-order valence-electron chi connectivity index (χ3n) is 3.86. The number of hydrogen-bond acceptors (Lipinski definition) is 4. The van der Waals surface area contributed by atoms with Crippen LogP contribution in [0.1, 0.15) is 46.0 Å². The molecule has 6 nitrogen and oxygen atoms in total. The van der Waals surface area contributed by atoms with Crippen LogP contribution in [0.2, 0.25) is 10.0 Å². The molecule has 1 aromatic carbocycles. The molecular formula is C18H18Cl2N2O4. The maximum atomic E-state index is 12.4. The first kappa shape index (κ1) is 20.0. The van der Waals surface area contributed by atoms with Gasteiger partial charge in [-0.1, -0.05) is 29.3 Å². The van der Waals surface area contributed by atoms with Gasteiger partial charge in [0.1, 0.15) is 5.69 Å².